The molecule has 0 aliphatic heterocycles. The first-order valence-corrected chi connectivity index (χ1v) is 5.63. The van der Waals surface area contributed by atoms with Crippen molar-refractivity contribution >= 4 is 17.8 Å². The standard InChI is InChI=1S/C11H19N3O4/c1-2-3-9(15)13-6-7-14-10(16)5-4-8(12)11(17)18/h2-3,8H,4-7,12H2,1H3,(H,13,15)(H,14,16)(H,17,18)/b3-2+. The van der Waals surface area contributed by atoms with Crippen LogP contribution in [0.4, 0.5) is 0 Å². The normalized spacial score (nSPS) is 12.1. The Kier molecular flexibility index (Phi) is 8.21. The number of rotatable bonds is 8. The number of hydrogen-bond acceptors (Lipinski definition) is 4. The van der Waals surface area contributed by atoms with Crippen molar-refractivity contribution in [3.8, 4) is 0 Å². The van der Waals surface area contributed by atoms with Gasteiger partial charge >= 0.3 is 5.97 Å². The summed E-state index contributed by atoms with van der Waals surface area (Å²) in [5, 5.41) is 13.6. The van der Waals surface area contributed by atoms with Crippen molar-refractivity contribution in [1.82, 2.24) is 10.6 Å². The average molecular weight is 257 g/mol. The highest BCUT2D eigenvalue weighted by Gasteiger charge is 2.12. The number of carbonyl (C=O) groups is 3. The minimum absolute atomic E-state index is 0.0519. The molecule has 5 N–H and O–H groups in total. The second-order valence-electron chi connectivity index (χ2n) is 3.62. The second kappa shape index (κ2) is 9.17. The third-order valence-electron chi connectivity index (χ3n) is 2.06. The number of carboxylic acids is 1. The maximum Gasteiger partial charge on any atom is 0.320 e. The molecule has 0 aliphatic rings. The van der Waals surface area contributed by atoms with Crippen LogP contribution in [0.15, 0.2) is 12.2 Å². The van der Waals surface area contributed by atoms with Gasteiger partial charge in [0.2, 0.25) is 11.8 Å². The predicted octanol–water partition coefficient (Wildman–Crippen LogP) is -1.01. The molecule has 0 saturated carbocycles. The molecule has 0 saturated heterocycles. The zero-order valence-electron chi connectivity index (χ0n) is 10.3. The smallest absolute Gasteiger partial charge is 0.320 e. The Bertz CT molecular complexity index is 328. The number of hydrogen-bond donors (Lipinski definition) is 4. The third-order valence-corrected chi connectivity index (χ3v) is 2.06. The highest BCUT2D eigenvalue weighted by atomic mass is 16.4. The van der Waals surface area contributed by atoms with Gasteiger partial charge < -0.3 is 21.5 Å². The van der Waals surface area contributed by atoms with Gasteiger partial charge in [-0.1, -0.05) is 6.08 Å². The van der Waals surface area contributed by atoms with Crippen LogP contribution in [0.1, 0.15) is 19.8 Å². The zero-order valence-corrected chi connectivity index (χ0v) is 10.3. The monoisotopic (exact) mass is 257 g/mol. The molecular formula is C11H19N3O4. The van der Waals surface area contributed by atoms with Crippen molar-refractivity contribution in [3.63, 3.8) is 0 Å². The van der Waals surface area contributed by atoms with Crippen molar-refractivity contribution in [2.24, 2.45) is 5.73 Å². The maximum atomic E-state index is 11.3. The van der Waals surface area contributed by atoms with Crippen molar-refractivity contribution in [2.75, 3.05) is 13.1 Å². The van der Waals surface area contributed by atoms with Crippen LogP contribution >= 0.6 is 0 Å². The van der Waals surface area contributed by atoms with Gasteiger partial charge in [0.25, 0.3) is 0 Å². The third kappa shape index (κ3) is 8.28. The number of allylic oxidation sites excluding steroid dienone is 1. The minimum atomic E-state index is -1.12. The molecule has 7 heteroatoms. The quantitative estimate of drug-likeness (QED) is 0.328. The van der Waals surface area contributed by atoms with Gasteiger partial charge in [0.1, 0.15) is 6.04 Å². The van der Waals surface area contributed by atoms with Gasteiger partial charge in [-0.15, -0.1) is 0 Å². The number of amides is 2. The van der Waals surface area contributed by atoms with E-state index in [2.05, 4.69) is 10.6 Å². The molecule has 0 bridgehead atoms. The molecule has 1 atom stereocenters. The number of carboxylic acid groups (broad SMARTS) is 1. The lowest BCUT2D eigenvalue weighted by molar-refractivity contribution is -0.138. The predicted molar refractivity (Wildman–Crippen MR) is 65.7 cm³/mol. The van der Waals surface area contributed by atoms with E-state index in [0.29, 0.717) is 13.1 Å². The molecule has 0 radical (unpaired) electrons. The highest BCUT2D eigenvalue weighted by molar-refractivity contribution is 5.87. The van der Waals surface area contributed by atoms with Crippen LogP contribution in [0.3, 0.4) is 0 Å². The summed E-state index contributed by atoms with van der Waals surface area (Å²) in [4.78, 5) is 32.6. The van der Waals surface area contributed by atoms with E-state index in [-0.39, 0.29) is 24.7 Å². The van der Waals surface area contributed by atoms with Gasteiger partial charge in [-0.3, -0.25) is 14.4 Å². The zero-order chi connectivity index (χ0) is 14.0. The summed E-state index contributed by atoms with van der Waals surface area (Å²) in [6.45, 7) is 2.34. The first kappa shape index (κ1) is 16.1. The van der Waals surface area contributed by atoms with Gasteiger partial charge in [-0.25, -0.2) is 0 Å². The van der Waals surface area contributed by atoms with E-state index >= 15 is 0 Å². The molecule has 0 spiro atoms. The summed E-state index contributed by atoms with van der Waals surface area (Å²) in [7, 11) is 0. The van der Waals surface area contributed by atoms with E-state index in [1.54, 1.807) is 13.0 Å². The van der Waals surface area contributed by atoms with Crippen LogP contribution in [0.5, 0.6) is 0 Å². The Morgan fingerprint density at radius 2 is 1.89 bits per heavy atom. The highest BCUT2D eigenvalue weighted by Crippen LogP contribution is 1.94. The molecule has 0 aliphatic carbocycles. The van der Waals surface area contributed by atoms with E-state index in [0.717, 1.165) is 0 Å². The van der Waals surface area contributed by atoms with E-state index in [1.807, 2.05) is 0 Å². The fourth-order valence-corrected chi connectivity index (χ4v) is 1.10. The fourth-order valence-electron chi connectivity index (χ4n) is 1.10. The van der Waals surface area contributed by atoms with Crippen molar-refractivity contribution < 1.29 is 19.5 Å². The van der Waals surface area contributed by atoms with Crippen LogP contribution in [0.2, 0.25) is 0 Å². The molecule has 18 heavy (non-hydrogen) atoms. The molecular weight excluding hydrogens is 238 g/mol. The lowest BCUT2D eigenvalue weighted by Crippen LogP contribution is -2.36. The van der Waals surface area contributed by atoms with Crippen molar-refractivity contribution in [1.29, 1.82) is 0 Å². The summed E-state index contributed by atoms with van der Waals surface area (Å²) in [5.74, 6) is -1.63. The van der Waals surface area contributed by atoms with Gasteiger partial charge in [-0.2, -0.15) is 0 Å². The van der Waals surface area contributed by atoms with Crippen LogP contribution in [-0.4, -0.2) is 42.0 Å². The lowest BCUT2D eigenvalue weighted by Gasteiger charge is -2.07. The number of carbonyl (C=O) groups excluding carboxylic acids is 2. The molecule has 1 unspecified atom stereocenters. The fraction of sp³-hybridized carbons (Fsp3) is 0.545. The lowest BCUT2D eigenvalue weighted by atomic mass is 10.1. The summed E-state index contributed by atoms with van der Waals surface area (Å²) < 4.78 is 0. The van der Waals surface area contributed by atoms with E-state index in [9.17, 15) is 14.4 Å². The van der Waals surface area contributed by atoms with E-state index < -0.39 is 12.0 Å². The topological polar surface area (TPSA) is 122 Å². The molecule has 0 aromatic rings. The SMILES string of the molecule is C/C=C/C(=O)NCCNC(=O)CCC(N)C(=O)O. The number of nitrogens with two attached hydrogens (primary N) is 1. The molecule has 102 valence electrons. The molecule has 0 aromatic heterocycles. The molecule has 0 rings (SSSR count). The average Bonchev–Trinajstić information content (AvgIpc) is 2.31. The number of aliphatic carboxylic acids is 1. The Hall–Kier alpha value is -1.89. The van der Waals surface area contributed by atoms with E-state index in [1.165, 1.54) is 6.08 Å². The van der Waals surface area contributed by atoms with E-state index in [4.69, 9.17) is 10.8 Å². The summed E-state index contributed by atoms with van der Waals surface area (Å²) in [6, 6.07) is -1.02. The first-order chi connectivity index (χ1) is 8.47. The summed E-state index contributed by atoms with van der Waals surface area (Å²) in [5.41, 5.74) is 5.25. The Morgan fingerprint density at radius 3 is 2.44 bits per heavy atom. The van der Waals surface area contributed by atoms with Crippen LogP contribution in [0.25, 0.3) is 0 Å². The Balaban J connectivity index is 3.60. The largest absolute Gasteiger partial charge is 0.480 e. The van der Waals surface area contributed by atoms with Crippen LogP contribution < -0.4 is 16.4 Å². The van der Waals surface area contributed by atoms with Crippen molar-refractivity contribution in [2.45, 2.75) is 25.8 Å². The molecule has 0 heterocycles. The van der Waals surface area contributed by atoms with Gasteiger partial charge in [0.15, 0.2) is 0 Å². The first-order valence-electron chi connectivity index (χ1n) is 5.63. The van der Waals surface area contributed by atoms with Crippen LogP contribution in [-0.2, 0) is 14.4 Å². The van der Waals surface area contributed by atoms with Gasteiger partial charge in [-0.05, 0) is 19.4 Å². The molecule has 0 fully saturated rings. The molecule has 7 nitrogen and oxygen atoms in total. The van der Waals surface area contributed by atoms with Crippen LogP contribution in [0, 0.1) is 0 Å². The summed E-state index contributed by atoms with van der Waals surface area (Å²) >= 11 is 0. The second-order valence-corrected chi connectivity index (χ2v) is 3.62. The Morgan fingerprint density at radius 1 is 1.28 bits per heavy atom. The van der Waals surface area contributed by atoms with Crippen molar-refractivity contribution in [3.05, 3.63) is 12.2 Å². The number of nitrogens with one attached hydrogen (secondary N) is 2. The van der Waals surface area contributed by atoms with Gasteiger partial charge in [0, 0.05) is 19.5 Å². The molecule has 2 amide bonds. The van der Waals surface area contributed by atoms with Gasteiger partial charge in [0.05, 0.1) is 0 Å². The maximum absolute atomic E-state index is 11.3. The summed E-state index contributed by atoms with van der Waals surface area (Å²) in [6.07, 6.45) is 3.14. The Labute approximate surface area is 105 Å². The minimum Gasteiger partial charge on any atom is -0.480 e. The molecule has 0 aromatic carbocycles.